The predicted octanol–water partition coefficient (Wildman–Crippen LogP) is 2.69. The third-order valence-electron chi connectivity index (χ3n) is 4.33. The molecule has 1 saturated heterocycles. The molecule has 23 heavy (non-hydrogen) atoms. The van der Waals surface area contributed by atoms with Gasteiger partial charge in [-0.05, 0) is 55.1 Å². The highest BCUT2D eigenvalue weighted by atomic mass is 32.1. The van der Waals surface area contributed by atoms with E-state index in [-0.39, 0.29) is 17.9 Å². The van der Waals surface area contributed by atoms with E-state index in [0.29, 0.717) is 19.8 Å². The van der Waals surface area contributed by atoms with Crippen LogP contribution in [0.3, 0.4) is 0 Å². The van der Waals surface area contributed by atoms with Gasteiger partial charge in [-0.1, -0.05) is 0 Å². The lowest BCUT2D eigenvalue weighted by molar-refractivity contribution is -0.127. The van der Waals surface area contributed by atoms with Crippen molar-refractivity contribution in [1.82, 2.24) is 15.1 Å². The molecule has 5 nitrogen and oxygen atoms in total. The average molecular weight is 333 g/mol. The van der Waals surface area contributed by atoms with Crippen LogP contribution < -0.4 is 5.32 Å². The lowest BCUT2D eigenvalue weighted by Crippen LogP contribution is -2.38. The van der Waals surface area contributed by atoms with E-state index in [1.54, 1.807) is 11.3 Å². The Bertz CT molecular complexity index is 645. The molecule has 0 saturated carbocycles. The molecule has 0 spiro atoms. The molecule has 1 aliphatic rings. The molecule has 1 atom stereocenters. The number of aromatic nitrogens is 2. The first-order valence-electron chi connectivity index (χ1n) is 8.05. The SMILES string of the molecule is Cc1cc(C)n([C@H](CNC(=O)C2CCOCC2)c2ccsc2)n1. The van der Waals surface area contributed by atoms with Crippen molar-refractivity contribution < 1.29 is 9.53 Å². The maximum atomic E-state index is 12.4. The molecule has 3 heterocycles. The van der Waals surface area contributed by atoms with E-state index in [9.17, 15) is 4.79 Å². The Morgan fingerprint density at radius 3 is 2.87 bits per heavy atom. The van der Waals surface area contributed by atoms with Crippen molar-refractivity contribution in [3.05, 3.63) is 39.8 Å². The van der Waals surface area contributed by atoms with E-state index in [1.165, 1.54) is 5.56 Å². The number of carbonyl (C=O) groups is 1. The molecule has 0 aromatic carbocycles. The van der Waals surface area contributed by atoms with Gasteiger partial charge in [-0.2, -0.15) is 16.4 Å². The van der Waals surface area contributed by atoms with Crippen LogP contribution in [0, 0.1) is 19.8 Å². The molecular formula is C17H23N3O2S. The van der Waals surface area contributed by atoms with Crippen molar-refractivity contribution in [2.75, 3.05) is 19.8 Å². The van der Waals surface area contributed by atoms with Gasteiger partial charge in [-0.3, -0.25) is 9.48 Å². The zero-order valence-corrected chi connectivity index (χ0v) is 14.4. The highest BCUT2D eigenvalue weighted by Gasteiger charge is 2.24. The summed E-state index contributed by atoms with van der Waals surface area (Å²) in [6, 6.07) is 4.21. The van der Waals surface area contributed by atoms with E-state index in [1.807, 2.05) is 11.6 Å². The van der Waals surface area contributed by atoms with Crippen LogP contribution in [0.4, 0.5) is 0 Å². The average Bonchev–Trinajstić information content (AvgIpc) is 3.19. The molecule has 0 unspecified atom stereocenters. The van der Waals surface area contributed by atoms with Gasteiger partial charge in [0.1, 0.15) is 0 Å². The zero-order chi connectivity index (χ0) is 16.2. The first-order chi connectivity index (χ1) is 11.1. The summed E-state index contributed by atoms with van der Waals surface area (Å²) in [5, 5.41) is 11.9. The fourth-order valence-electron chi connectivity index (χ4n) is 3.07. The molecule has 0 radical (unpaired) electrons. The third kappa shape index (κ3) is 3.82. The molecule has 6 heteroatoms. The van der Waals surface area contributed by atoms with Crippen LogP contribution in [-0.2, 0) is 9.53 Å². The molecule has 2 aromatic heterocycles. The standard InChI is InChI=1S/C17H23N3O2S/c1-12-9-13(2)20(19-12)16(15-5-8-23-11-15)10-18-17(21)14-3-6-22-7-4-14/h5,8-9,11,14,16H,3-4,6-7,10H2,1-2H3,(H,18,21)/t16-/m1/s1. The fourth-order valence-corrected chi connectivity index (χ4v) is 3.78. The predicted molar refractivity (Wildman–Crippen MR) is 90.7 cm³/mol. The van der Waals surface area contributed by atoms with Gasteiger partial charge < -0.3 is 10.1 Å². The first-order valence-corrected chi connectivity index (χ1v) is 8.99. The highest BCUT2D eigenvalue weighted by molar-refractivity contribution is 7.07. The van der Waals surface area contributed by atoms with Gasteiger partial charge in [0, 0.05) is 31.4 Å². The van der Waals surface area contributed by atoms with Crippen LogP contribution in [0.1, 0.15) is 35.8 Å². The van der Waals surface area contributed by atoms with E-state index >= 15 is 0 Å². The van der Waals surface area contributed by atoms with Crippen molar-refractivity contribution in [2.24, 2.45) is 5.92 Å². The number of ether oxygens (including phenoxy) is 1. The minimum absolute atomic E-state index is 0.0405. The van der Waals surface area contributed by atoms with Gasteiger partial charge in [-0.25, -0.2) is 0 Å². The van der Waals surface area contributed by atoms with Gasteiger partial charge >= 0.3 is 0 Å². The van der Waals surface area contributed by atoms with Gasteiger partial charge in [0.05, 0.1) is 11.7 Å². The summed E-state index contributed by atoms with van der Waals surface area (Å²) < 4.78 is 7.34. The fraction of sp³-hybridized carbons (Fsp3) is 0.529. The maximum Gasteiger partial charge on any atom is 0.223 e. The second kappa shape index (κ2) is 7.27. The summed E-state index contributed by atoms with van der Waals surface area (Å²) in [4.78, 5) is 12.4. The van der Waals surface area contributed by atoms with E-state index in [4.69, 9.17) is 4.74 Å². The minimum Gasteiger partial charge on any atom is -0.381 e. The topological polar surface area (TPSA) is 56.2 Å². The number of rotatable bonds is 5. The summed E-state index contributed by atoms with van der Waals surface area (Å²) >= 11 is 1.67. The number of aryl methyl sites for hydroxylation is 2. The number of amides is 1. The second-order valence-corrected chi connectivity index (χ2v) is 6.86. The molecule has 1 aliphatic heterocycles. The summed E-state index contributed by atoms with van der Waals surface area (Å²) in [7, 11) is 0. The first kappa shape index (κ1) is 16.2. The second-order valence-electron chi connectivity index (χ2n) is 6.08. The Hall–Kier alpha value is -1.66. The van der Waals surface area contributed by atoms with Crippen molar-refractivity contribution >= 4 is 17.2 Å². The molecule has 1 amide bonds. The minimum atomic E-state index is 0.0405. The van der Waals surface area contributed by atoms with Crippen LogP contribution in [0.25, 0.3) is 0 Å². The van der Waals surface area contributed by atoms with Crippen molar-refractivity contribution in [3.63, 3.8) is 0 Å². The van der Waals surface area contributed by atoms with Gasteiger partial charge in [0.15, 0.2) is 0 Å². The van der Waals surface area contributed by atoms with Gasteiger partial charge in [0.2, 0.25) is 5.91 Å². The maximum absolute atomic E-state index is 12.4. The Morgan fingerprint density at radius 1 is 1.48 bits per heavy atom. The number of nitrogens with one attached hydrogen (secondary N) is 1. The Labute approximate surface area is 140 Å². The van der Waals surface area contributed by atoms with Crippen molar-refractivity contribution in [2.45, 2.75) is 32.7 Å². The molecule has 0 aliphatic carbocycles. The number of hydrogen-bond acceptors (Lipinski definition) is 4. The Morgan fingerprint density at radius 2 is 2.26 bits per heavy atom. The summed E-state index contributed by atoms with van der Waals surface area (Å²) in [6.45, 7) is 5.98. The Kier molecular flexibility index (Phi) is 5.13. The summed E-state index contributed by atoms with van der Waals surface area (Å²) in [6.07, 6.45) is 1.63. The monoisotopic (exact) mass is 333 g/mol. The van der Waals surface area contributed by atoms with Crippen LogP contribution in [0.5, 0.6) is 0 Å². The molecule has 3 rings (SSSR count). The quantitative estimate of drug-likeness (QED) is 0.915. The van der Waals surface area contributed by atoms with Crippen LogP contribution in [0.2, 0.25) is 0 Å². The number of thiophene rings is 1. The number of hydrogen-bond donors (Lipinski definition) is 1. The number of carbonyl (C=O) groups excluding carboxylic acids is 1. The van der Waals surface area contributed by atoms with Gasteiger partial charge in [0.25, 0.3) is 0 Å². The largest absolute Gasteiger partial charge is 0.381 e. The van der Waals surface area contributed by atoms with E-state index in [2.05, 4.69) is 40.2 Å². The zero-order valence-electron chi connectivity index (χ0n) is 13.6. The summed E-state index contributed by atoms with van der Waals surface area (Å²) in [5.74, 6) is 0.211. The van der Waals surface area contributed by atoms with E-state index < -0.39 is 0 Å². The van der Waals surface area contributed by atoms with Crippen LogP contribution in [0.15, 0.2) is 22.9 Å². The third-order valence-corrected chi connectivity index (χ3v) is 5.03. The lowest BCUT2D eigenvalue weighted by Gasteiger charge is -2.24. The van der Waals surface area contributed by atoms with Crippen LogP contribution >= 0.6 is 11.3 Å². The normalized spacial score (nSPS) is 17.1. The number of nitrogens with zero attached hydrogens (tertiary/aromatic N) is 2. The highest BCUT2D eigenvalue weighted by Crippen LogP contribution is 2.23. The molecule has 2 aromatic rings. The lowest BCUT2D eigenvalue weighted by atomic mass is 9.99. The molecule has 1 fully saturated rings. The van der Waals surface area contributed by atoms with Crippen LogP contribution in [-0.4, -0.2) is 35.4 Å². The molecule has 124 valence electrons. The molecule has 0 bridgehead atoms. The van der Waals surface area contributed by atoms with E-state index in [0.717, 1.165) is 24.2 Å². The van der Waals surface area contributed by atoms with Crippen molar-refractivity contribution in [3.8, 4) is 0 Å². The summed E-state index contributed by atoms with van der Waals surface area (Å²) in [5.41, 5.74) is 3.30. The Balaban J connectivity index is 1.72. The van der Waals surface area contributed by atoms with Gasteiger partial charge in [-0.15, -0.1) is 0 Å². The molecule has 1 N–H and O–H groups in total. The van der Waals surface area contributed by atoms with Crippen molar-refractivity contribution in [1.29, 1.82) is 0 Å². The molecular weight excluding hydrogens is 310 g/mol. The smallest absolute Gasteiger partial charge is 0.223 e.